The quantitative estimate of drug-likeness (QED) is 0.838. The van der Waals surface area contributed by atoms with Crippen molar-refractivity contribution in [3.63, 3.8) is 0 Å². The average Bonchev–Trinajstić information content (AvgIpc) is 3.41. The Labute approximate surface area is 152 Å². The molecule has 2 aliphatic rings. The van der Waals surface area contributed by atoms with Crippen LogP contribution in [-0.2, 0) is 6.42 Å². The lowest BCUT2D eigenvalue weighted by molar-refractivity contribution is 0.0704. The molecule has 140 valence electrons. The Morgan fingerprint density at radius 3 is 2.73 bits per heavy atom. The zero-order chi connectivity index (χ0) is 18.1. The number of nitrogens with zero attached hydrogens (tertiary/aromatic N) is 6. The molecule has 2 N–H and O–H groups in total. The number of aromatic amines is 1. The van der Waals surface area contributed by atoms with Crippen molar-refractivity contribution in [1.29, 1.82) is 0 Å². The third-order valence-electron chi connectivity index (χ3n) is 5.54. The van der Waals surface area contributed by atoms with Crippen molar-refractivity contribution < 1.29 is 4.79 Å². The second kappa shape index (κ2) is 7.14. The maximum Gasteiger partial charge on any atom is 0.276 e. The van der Waals surface area contributed by atoms with Gasteiger partial charge in [0, 0.05) is 32.0 Å². The normalized spacial score (nSPS) is 21.5. The molecule has 1 amide bonds. The number of aromatic nitrogens is 6. The molecule has 0 aromatic carbocycles. The van der Waals surface area contributed by atoms with E-state index in [1.165, 1.54) is 0 Å². The van der Waals surface area contributed by atoms with Gasteiger partial charge in [-0.3, -0.25) is 9.89 Å². The van der Waals surface area contributed by atoms with Crippen LogP contribution in [0.2, 0.25) is 0 Å². The van der Waals surface area contributed by atoms with E-state index in [2.05, 4.69) is 37.7 Å². The lowest BCUT2D eigenvalue weighted by Crippen LogP contribution is -2.38. The standard InChI is InChI=1S/C17H26N8O/c1-3-14-19-16(22-20-14)12-5-8-24(9-6-12)17(26)15-11(2)25(23-21-15)13-4-7-18-10-13/h12-13,18H,3-10H2,1-2H3,(H,19,20,22). The average molecular weight is 358 g/mol. The third-order valence-corrected chi connectivity index (χ3v) is 5.54. The molecule has 4 rings (SSSR count). The number of hydrogen-bond donors (Lipinski definition) is 2. The van der Waals surface area contributed by atoms with E-state index in [9.17, 15) is 4.79 Å². The molecule has 0 aliphatic carbocycles. The molecule has 1 unspecified atom stereocenters. The number of nitrogens with one attached hydrogen (secondary N) is 2. The maximum absolute atomic E-state index is 12.9. The number of carbonyl (C=O) groups excluding carboxylic acids is 1. The highest BCUT2D eigenvalue weighted by Gasteiger charge is 2.30. The van der Waals surface area contributed by atoms with E-state index < -0.39 is 0 Å². The Bertz CT molecular complexity index is 768. The first-order valence-corrected chi connectivity index (χ1v) is 9.50. The monoisotopic (exact) mass is 358 g/mol. The Balaban J connectivity index is 1.40. The van der Waals surface area contributed by atoms with Crippen molar-refractivity contribution in [2.24, 2.45) is 0 Å². The minimum Gasteiger partial charge on any atom is -0.337 e. The zero-order valence-electron chi connectivity index (χ0n) is 15.4. The van der Waals surface area contributed by atoms with Gasteiger partial charge in [-0.25, -0.2) is 9.67 Å². The van der Waals surface area contributed by atoms with E-state index in [4.69, 9.17) is 0 Å². The molecule has 26 heavy (non-hydrogen) atoms. The van der Waals surface area contributed by atoms with Crippen molar-refractivity contribution in [1.82, 2.24) is 40.4 Å². The number of rotatable bonds is 4. The van der Waals surface area contributed by atoms with E-state index in [0.29, 0.717) is 30.7 Å². The summed E-state index contributed by atoms with van der Waals surface area (Å²) < 4.78 is 1.90. The summed E-state index contributed by atoms with van der Waals surface area (Å²) in [7, 11) is 0. The minimum atomic E-state index is -0.0117. The van der Waals surface area contributed by atoms with Gasteiger partial charge < -0.3 is 10.2 Å². The summed E-state index contributed by atoms with van der Waals surface area (Å²) in [6, 6.07) is 0.299. The number of likely N-dealkylation sites (tertiary alicyclic amines) is 1. The van der Waals surface area contributed by atoms with Crippen molar-refractivity contribution in [3.8, 4) is 0 Å². The number of piperidine rings is 1. The van der Waals surface area contributed by atoms with Gasteiger partial charge in [-0.15, -0.1) is 5.10 Å². The van der Waals surface area contributed by atoms with Crippen LogP contribution in [0.4, 0.5) is 0 Å². The molecule has 2 aliphatic heterocycles. The fraction of sp³-hybridized carbons (Fsp3) is 0.706. The molecule has 2 aromatic heterocycles. The van der Waals surface area contributed by atoms with Gasteiger partial charge in [-0.1, -0.05) is 12.1 Å². The molecule has 0 radical (unpaired) electrons. The molecule has 2 fully saturated rings. The second-order valence-corrected chi connectivity index (χ2v) is 7.17. The zero-order valence-corrected chi connectivity index (χ0v) is 15.4. The predicted molar refractivity (Wildman–Crippen MR) is 94.9 cm³/mol. The number of carbonyl (C=O) groups is 1. The number of aryl methyl sites for hydroxylation is 1. The van der Waals surface area contributed by atoms with Crippen molar-refractivity contribution in [2.75, 3.05) is 26.2 Å². The highest BCUT2D eigenvalue weighted by Crippen LogP contribution is 2.27. The molecule has 0 saturated carbocycles. The van der Waals surface area contributed by atoms with Gasteiger partial charge in [0.1, 0.15) is 5.82 Å². The summed E-state index contributed by atoms with van der Waals surface area (Å²) in [6.07, 6.45) is 3.65. The van der Waals surface area contributed by atoms with Crippen LogP contribution in [0.25, 0.3) is 0 Å². The topological polar surface area (TPSA) is 105 Å². The molecule has 1 atom stereocenters. The molecule has 9 heteroatoms. The molecular formula is C17H26N8O. The fourth-order valence-corrected chi connectivity index (χ4v) is 3.87. The third kappa shape index (κ3) is 3.11. The summed E-state index contributed by atoms with van der Waals surface area (Å²) >= 11 is 0. The van der Waals surface area contributed by atoms with Crippen LogP contribution in [0.5, 0.6) is 0 Å². The van der Waals surface area contributed by atoms with Crippen LogP contribution in [-0.4, -0.2) is 67.2 Å². The highest BCUT2D eigenvalue weighted by atomic mass is 16.2. The Hall–Kier alpha value is -2.29. The van der Waals surface area contributed by atoms with Gasteiger partial charge >= 0.3 is 0 Å². The molecule has 0 bridgehead atoms. The van der Waals surface area contributed by atoms with Crippen LogP contribution in [0.15, 0.2) is 0 Å². The van der Waals surface area contributed by atoms with Gasteiger partial charge in [-0.05, 0) is 32.7 Å². The highest BCUT2D eigenvalue weighted by molar-refractivity contribution is 5.93. The van der Waals surface area contributed by atoms with E-state index >= 15 is 0 Å². The molecule has 2 saturated heterocycles. The Kier molecular flexibility index (Phi) is 4.71. The fourth-order valence-electron chi connectivity index (χ4n) is 3.87. The lowest BCUT2D eigenvalue weighted by Gasteiger charge is -2.30. The molecule has 0 spiro atoms. The number of amides is 1. The van der Waals surface area contributed by atoms with E-state index in [1.807, 2.05) is 16.5 Å². The first kappa shape index (κ1) is 17.1. The number of hydrogen-bond acceptors (Lipinski definition) is 6. The molecule has 4 heterocycles. The Morgan fingerprint density at radius 2 is 2.08 bits per heavy atom. The van der Waals surface area contributed by atoms with Gasteiger partial charge in [0.05, 0.1) is 11.7 Å². The summed E-state index contributed by atoms with van der Waals surface area (Å²) in [5, 5.41) is 19.1. The van der Waals surface area contributed by atoms with Gasteiger partial charge in [0.25, 0.3) is 5.91 Å². The van der Waals surface area contributed by atoms with Crippen LogP contribution < -0.4 is 5.32 Å². The van der Waals surface area contributed by atoms with Crippen molar-refractivity contribution in [3.05, 3.63) is 23.0 Å². The number of H-pyrrole nitrogens is 1. The van der Waals surface area contributed by atoms with Gasteiger partial charge in [0.2, 0.25) is 0 Å². The predicted octanol–water partition coefficient (Wildman–Crippen LogP) is 0.821. The SMILES string of the molecule is CCc1nc(C2CCN(C(=O)c3nnn(C4CCNC4)c3C)CC2)n[nH]1. The lowest BCUT2D eigenvalue weighted by atomic mass is 9.96. The van der Waals surface area contributed by atoms with E-state index in [-0.39, 0.29) is 5.91 Å². The van der Waals surface area contributed by atoms with Crippen LogP contribution >= 0.6 is 0 Å². The smallest absolute Gasteiger partial charge is 0.276 e. The van der Waals surface area contributed by atoms with Crippen LogP contribution in [0.3, 0.4) is 0 Å². The summed E-state index contributed by atoms with van der Waals surface area (Å²) in [4.78, 5) is 19.3. The van der Waals surface area contributed by atoms with Gasteiger partial charge in [0.15, 0.2) is 11.5 Å². The summed E-state index contributed by atoms with van der Waals surface area (Å²) in [6.45, 7) is 7.29. The largest absolute Gasteiger partial charge is 0.337 e. The maximum atomic E-state index is 12.9. The van der Waals surface area contributed by atoms with E-state index in [0.717, 1.165) is 56.1 Å². The second-order valence-electron chi connectivity index (χ2n) is 7.17. The first-order valence-electron chi connectivity index (χ1n) is 9.50. The molecular weight excluding hydrogens is 332 g/mol. The molecule has 9 nitrogen and oxygen atoms in total. The minimum absolute atomic E-state index is 0.0117. The van der Waals surface area contributed by atoms with Crippen LogP contribution in [0.1, 0.15) is 66.0 Å². The first-order chi connectivity index (χ1) is 12.7. The van der Waals surface area contributed by atoms with Crippen molar-refractivity contribution >= 4 is 5.91 Å². The van der Waals surface area contributed by atoms with E-state index in [1.54, 1.807) is 0 Å². The van der Waals surface area contributed by atoms with Crippen molar-refractivity contribution in [2.45, 2.75) is 51.5 Å². The summed E-state index contributed by atoms with van der Waals surface area (Å²) in [5.74, 6) is 2.11. The Morgan fingerprint density at radius 1 is 1.27 bits per heavy atom. The van der Waals surface area contributed by atoms with Gasteiger partial charge in [-0.2, -0.15) is 5.10 Å². The summed E-state index contributed by atoms with van der Waals surface area (Å²) in [5.41, 5.74) is 1.36. The molecule has 2 aromatic rings. The van der Waals surface area contributed by atoms with Crippen LogP contribution in [0, 0.1) is 6.92 Å².